The molecule has 1 aliphatic heterocycles. The minimum absolute atomic E-state index is 0.150. The first kappa shape index (κ1) is 24.2. The van der Waals surface area contributed by atoms with Gasteiger partial charge in [0.15, 0.2) is 0 Å². The quantitative estimate of drug-likeness (QED) is 0.290. The molecule has 1 atom stereocenters. The fraction of sp³-hybridized carbons (Fsp3) is 0.259. The van der Waals surface area contributed by atoms with Gasteiger partial charge in [0, 0.05) is 17.2 Å². The van der Waals surface area contributed by atoms with Crippen molar-refractivity contribution in [3.05, 3.63) is 88.4 Å². The third-order valence-electron chi connectivity index (χ3n) is 5.93. The fourth-order valence-electron chi connectivity index (χ4n) is 4.22. The van der Waals surface area contributed by atoms with Gasteiger partial charge in [-0.25, -0.2) is 8.78 Å². The number of methoxy groups -OCH3 is 1. The normalized spacial score (nSPS) is 17.8. The Morgan fingerprint density at radius 3 is 2.34 bits per heavy atom. The molecule has 6 nitrogen and oxygen atoms in total. The number of carbonyl (C=O) groups is 2. The Bertz CT molecular complexity index is 1370. The van der Waals surface area contributed by atoms with Gasteiger partial charge in [-0.2, -0.15) is 0 Å². The molecule has 1 unspecified atom stereocenters. The third kappa shape index (κ3) is 4.20. The Morgan fingerprint density at radius 2 is 1.77 bits per heavy atom. The molecule has 8 heteroatoms. The average Bonchev–Trinajstić information content (AvgIpc) is 3.33. The first-order valence-corrected chi connectivity index (χ1v) is 10.9. The molecule has 1 aromatic heterocycles. The number of amides is 1. The number of carbonyl (C=O) groups excluding carboxylic acids is 2. The van der Waals surface area contributed by atoms with Gasteiger partial charge in [-0.1, -0.05) is 20.8 Å². The van der Waals surface area contributed by atoms with Crippen LogP contribution in [0.1, 0.15) is 49.5 Å². The van der Waals surface area contributed by atoms with E-state index in [9.17, 15) is 23.5 Å². The van der Waals surface area contributed by atoms with Gasteiger partial charge in [0.2, 0.25) is 0 Å². The molecule has 1 fully saturated rings. The zero-order valence-corrected chi connectivity index (χ0v) is 20.0. The highest BCUT2D eigenvalue weighted by molar-refractivity contribution is 6.51. The summed E-state index contributed by atoms with van der Waals surface area (Å²) in [7, 11) is 1.53. The summed E-state index contributed by atoms with van der Waals surface area (Å²) >= 11 is 0. The number of Topliss-reactive ketones (excluding diaryl/α,β-unsaturated/α-hetero) is 1. The van der Waals surface area contributed by atoms with Crippen molar-refractivity contribution in [1.82, 2.24) is 0 Å². The second-order valence-electron chi connectivity index (χ2n) is 9.38. The van der Waals surface area contributed by atoms with Crippen molar-refractivity contribution < 1.29 is 32.6 Å². The predicted molar refractivity (Wildman–Crippen MR) is 126 cm³/mol. The second-order valence-corrected chi connectivity index (χ2v) is 9.38. The van der Waals surface area contributed by atoms with Gasteiger partial charge in [-0.3, -0.25) is 14.5 Å². The van der Waals surface area contributed by atoms with E-state index in [2.05, 4.69) is 0 Å². The number of anilines is 1. The number of aliphatic hydroxyl groups is 1. The Balaban J connectivity index is 1.96. The van der Waals surface area contributed by atoms with Crippen molar-refractivity contribution in [2.45, 2.75) is 39.2 Å². The van der Waals surface area contributed by atoms with Gasteiger partial charge in [0.05, 0.1) is 18.4 Å². The summed E-state index contributed by atoms with van der Waals surface area (Å²) in [4.78, 5) is 27.2. The number of benzene rings is 2. The number of halogens is 2. The number of hydrogen-bond acceptors (Lipinski definition) is 5. The van der Waals surface area contributed by atoms with Gasteiger partial charge in [0.1, 0.15) is 40.7 Å². The third-order valence-corrected chi connectivity index (χ3v) is 5.93. The predicted octanol–water partition coefficient (Wildman–Crippen LogP) is 5.80. The van der Waals surface area contributed by atoms with Crippen molar-refractivity contribution in [1.29, 1.82) is 0 Å². The summed E-state index contributed by atoms with van der Waals surface area (Å²) in [6.07, 6.45) is 0. The zero-order valence-electron chi connectivity index (χ0n) is 20.0. The average molecular weight is 481 g/mol. The van der Waals surface area contributed by atoms with E-state index in [-0.39, 0.29) is 28.0 Å². The van der Waals surface area contributed by atoms with Crippen molar-refractivity contribution in [3.63, 3.8) is 0 Å². The molecule has 0 radical (unpaired) electrons. The molecule has 1 amide bonds. The fourth-order valence-corrected chi connectivity index (χ4v) is 4.22. The largest absolute Gasteiger partial charge is 0.507 e. The summed E-state index contributed by atoms with van der Waals surface area (Å²) in [5, 5.41) is 11.3. The summed E-state index contributed by atoms with van der Waals surface area (Å²) in [6, 6.07) is 9.51. The molecule has 2 heterocycles. The van der Waals surface area contributed by atoms with E-state index in [0.717, 1.165) is 22.6 Å². The van der Waals surface area contributed by atoms with Crippen molar-refractivity contribution in [2.24, 2.45) is 0 Å². The van der Waals surface area contributed by atoms with Crippen LogP contribution in [0.3, 0.4) is 0 Å². The number of nitrogens with zero attached hydrogens (tertiary/aromatic N) is 1. The molecular weight excluding hydrogens is 456 g/mol. The van der Waals surface area contributed by atoms with E-state index in [4.69, 9.17) is 9.15 Å². The van der Waals surface area contributed by atoms with Crippen LogP contribution in [0.25, 0.3) is 5.76 Å². The van der Waals surface area contributed by atoms with Gasteiger partial charge >= 0.3 is 0 Å². The van der Waals surface area contributed by atoms with Crippen molar-refractivity contribution in [2.75, 3.05) is 12.0 Å². The molecule has 35 heavy (non-hydrogen) atoms. The molecule has 182 valence electrons. The monoisotopic (exact) mass is 481 g/mol. The molecule has 1 N–H and O–H groups in total. The minimum Gasteiger partial charge on any atom is -0.507 e. The standard InChI is InChI=1S/C27H25F2NO5/c1-14-6-10-21(35-14)23-22(24(31)15-7-11-20(34-5)17(12-15)27(2,3)4)25(32)26(33)30(23)19-9-8-16(28)13-18(19)29/h6-13,23,31H,1-5H3/b24-22-. The van der Waals surface area contributed by atoms with Crippen LogP contribution in [0.4, 0.5) is 14.5 Å². The molecule has 0 spiro atoms. The number of ketones is 1. The number of furan rings is 1. The lowest BCUT2D eigenvalue weighted by Gasteiger charge is -2.24. The highest BCUT2D eigenvalue weighted by Gasteiger charge is 2.49. The summed E-state index contributed by atoms with van der Waals surface area (Å²) in [5.74, 6) is -3.15. The van der Waals surface area contributed by atoms with Gasteiger partial charge in [-0.05, 0) is 54.8 Å². The molecule has 1 saturated heterocycles. The van der Waals surface area contributed by atoms with E-state index >= 15 is 0 Å². The Morgan fingerprint density at radius 1 is 1.06 bits per heavy atom. The Labute approximate surface area is 201 Å². The molecule has 0 aliphatic carbocycles. The van der Waals surface area contributed by atoms with Crippen LogP contribution in [0.5, 0.6) is 5.75 Å². The molecule has 0 saturated carbocycles. The lowest BCUT2D eigenvalue weighted by Crippen LogP contribution is -2.30. The van der Waals surface area contributed by atoms with E-state index in [1.54, 1.807) is 37.3 Å². The maximum absolute atomic E-state index is 14.7. The van der Waals surface area contributed by atoms with Gasteiger partial charge < -0.3 is 14.3 Å². The molecule has 1 aliphatic rings. The first-order chi connectivity index (χ1) is 16.4. The number of ether oxygens (including phenoxy) is 1. The van der Waals surface area contributed by atoms with Crippen LogP contribution >= 0.6 is 0 Å². The van der Waals surface area contributed by atoms with Crippen LogP contribution in [0.15, 0.2) is 58.5 Å². The van der Waals surface area contributed by atoms with Gasteiger partial charge in [-0.15, -0.1) is 0 Å². The summed E-state index contributed by atoms with van der Waals surface area (Å²) in [5.41, 5.74) is 0.118. The molecule has 3 aromatic rings. The first-order valence-electron chi connectivity index (χ1n) is 10.9. The van der Waals surface area contributed by atoms with Crippen molar-refractivity contribution in [3.8, 4) is 5.75 Å². The van der Waals surface area contributed by atoms with E-state index in [1.807, 2.05) is 20.8 Å². The summed E-state index contributed by atoms with van der Waals surface area (Å²) in [6.45, 7) is 7.58. The zero-order chi connectivity index (χ0) is 25.7. The van der Waals surface area contributed by atoms with E-state index in [0.29, 0.717) is 17.6 Å². The topological polar surface area (TPSA) is 80.0 Å². The van der Waals surface area contributed by atoms with Crippen LogP contribution in [-0.2, 0) is 15.0 Å². The lowest BCUT2D eigenvalue weighted by molar-refractivity contribution is -0.132. The SMILES string of the molecule is COc1ccc(/C(O)=C2/C(=O)C(=O)N(c3ccc(F)cc3F)C2c2ccc(C)o2)cc1C(C)(C)C. The lowest BCUT2D eigenvalue weighted by atomic mass is 9.84. The van der Waals surface area contributed by atoms with Gasteiger partial charge in [0.25, 0.3) is 11.7 Å². The Kier molecular flexibility index (Phi) is 6.00. The van der Waals surface area contributed by atoms with Crippen LogP contribution in [0.2, 0.25) is 0 Å². The van der Waals surface area contributed by atoms with Crippen LogP contribution in [0, 0.1) is 18.6 Å². The number of aliphatic hydroxyl groups excluding tert-OH is 1. The maximum atomic E-state index is 14.7. The number of rotatable bonds is 4. The Hall–Kier alpha value is -3.94. The second kappa shape index (κ2) is 8.69. The minimum atomic E-state index is -1.26. The molecule has 4 rings (SSSR count). The van der Waals surface area contributed by atoms with Crippen molar-refractivity contribution >= 4 is 23.1 Å². The van der Waals surface area contributed by atoms with Crippen LogP contribution in [-0.4, -0.2) is 23.9 Å². The number of aryl methyl sites for hydroxylation is 1. The molecular formula is C27H25F2NO5. The molecule has 2 aromatic carbocycles. The summed E-state index contributed by atoms with van der Waals surface area (Å²) < 4.78 is 39.5. The smallest absolute Gasteiger partial charge is 0.300 e. The van der Waals surface area contributed by atoms with E-state index < -0.39 is 35.1 Å². The molecule has 0 bridgehead atoms. The van der Waals surface area contributed by atoms with E-state index in [1.165, 1.54) is 7.11 Å². The highest BCUT2D eigenvalue weighted by atomic mass is 19.1. The highest BCUT2D eigenvalue weighted by Crippen LogP contribution is 2.44. The maximum Gasteiger partial charge on any atom is 0.300 e. The van der Waals surface area contributed by atoms with Crippen LogP contribution < -0.4 is 9.64 Å². The number of hydrogen-bond donors (Lipinski definition) is 1.